The van der Waals surface area contributed by atoms with Crippen LogP contribution in [0.5, 0.6) is 11.5 Å². The minimum absolute atomic E-state index is 0. The maximum atomic E-state index is 5.75. The fourth-order valence-corrected chi connectivity index (χ4v) is 3.80. The van der Waals surface area contributed by atoms with Gasteiger partial charge in [0.2, 0.25) is 0 Å². The van der Waals surface area contributed by atoms with Gasteiger partial charge in [0.1, 0.15) is 5.76 Å². The van der Waals surface area contributed by atoms with Gasteiger partial charge >= 0.3 is 0 Å². The topological polar surface area (TPSA) is 71.3 Å². The van der Waals surface area contributed by atoms with E-state index >= 15 is 0 Å². The predicted molar refractivity (Wildman–Crippen MR) is 135 cm³/mol. The molecule has 2 heterocycles. The maximum absolute atomic E-state index is 5.75. The number of hydrogen-bond acceptors (Lipinski definition) is 5. The second kappa shape index (κ2) is 13.5. The Bertz CT molecular complexity index is 792. The van der Waals surface area contributed by atoms with Gasteiger partial charge in [0, 0.05) is 13.1 Å². The zero-order chi connectivity index (χ0) is 21.2. The molecule has 7 nitrogen and oxygen atoms in total. The van der Waals surface area contributed by atoms with Gasteiger partial charge in [0.05, 0.1) is 33.1 Å². The van der Waals surface area contributed by atoms with Crippen molar-refractivity contribution < 1.29 is 13.9 Å². The third kappa shape index (κ3) is 7.31. The van der Waals surface area contributed by atoms with Crippen LogP contribution in [0.2, 0.25) is 0 Å². The molecule has 1 aromatic heterocycles. The Morgan fingerprint density at radius 2 is 1.87 bits per heavy atom. The second-order valence-corrected chi connectivity index (χ2v) is 7.39. The number of nitrogens with one attached hydrogen (secondary N) is 2. The molecule has 1 aliphatic heterocycles. The highest BCUT2D eigenvalue weighted by atomic mass is 127. The van der Waals surface area contributed by atoms with Crippen LogP contribution in [0.3, 0.4) is 0 Å². The number of piperidine rings is 1. The van der Waals surface area contributed by atoms with Crippen LogP contribution in [0.25, 0.3) is 0 Å². The van der Waals surface area contributed by atoms with Crippen molar-refractivity contribution in [1.29, 1.82) is 0 Å². The Balaban J connectivity index is 0.00000341. The lowest BCUT2D eigenvalue weighted by Crippen LogP contribution is -2.44. The van der Waals surface area contributed by atoms with Gasteiger partial charge < -0.3 is 24.5 Å². The van der Waals surface area contributed by atoms with E-state index in [2.05, 4.69) is 28.5 Å². The molecule has 31 heavy (non-hydrogen) atoms. The molecule has 172 valence electrons. The molecule has 1 atom stereocenters. The molecule has 0 aliphatic carbocycles. The molecule has 1 aromatic carbocycles. The van der Waals surface area contributed by atoms with Crippen molar-refractivity contribution in [3.63, 3.8) is 0 Å². The van der Waals surface area contributed by atoms with Gasteiger partial charge in [0.15, 0.2) is 17.5 Å². The van der Waals surface area contributed by atoms with Gasteiger partial charge in [-0.1, -0.05) is 12.5 Å². The van der Waals surface area contributed by atoms with Crippen LogP contribution in [0, 0.1) is 0 Å². The predicted octanol–water partition coefficient (Wildman–Crippen LogP) is 4.20. The van der Waals surface area contributed by atoms with Crippen LogP contribution in [0.15, 0.2) is 46.0 Å². The van der Waals surface area contributed by atoms with E-state index < -0.39 is 0 Å². The smallest absolute Gasteiger partial charge is 0.191 e. The molecule has 0 bridgehead atoms. The number of ether oxygens (including phenoxy) is 2. The first-order valence-corrected chi connectivity index (χ1v) is 10.8. The van der Waals surface area contributed by atoms with E-state index in [4.69, 9.17) is 18.9 Å². The Morgan fingerprint density at radius 1 is 1.10 bits per heavy atom. The highest BCUT2D eigenvalue weighted by Crippen LogP contribution is 2.28. The summed E-state index contributed by atoms with van der Waals surface area (Å²) in [4.78, 5) is 7.27. The average molecular weight is 542 g/mol. The number of rotatable bonds is 9. The van der Waals surface area contributed by atoms with Crippen molar-refractivity contribution in [1.82, 2.24) is 15.5 Å². The Kier molecular flexibility index (Phi) is 11.0. The zero-order valence-corrected chi connectivity index (χ0v) is 21.1. The monoisotopic (exact) mass is 542 g/mol. The van der Waals surface area contributed by atoms with Crippen molar-refractivity contribution in [3.8, 4) is 11.5 Å². The Labute approximate surface area is 202 Å². The number of hydrogen-bond donors (Lipinski definition) is 2. The van der Waals surface area contributed by atoms with Crippen LogP contribution >= 0.6 is 24.0 Å². The fraction of sp³-hybridized carbons (Fsp3) is 0.522. The van der Waals surface area contributed by atoms with Crippen LogP contribution < -0.4 is 20.1 Å². The van der Waals surface area contributed by atoms with Crippen molar-refractivity contribution in [2.45, 2.75) is 38.8 Å². The van der Waals surface area contributed by atoms with Crippen LogP contribution in [-0.2, 0) is 6.54 Å². The van der Waals surface area contributed by atoms with E-state index in [1.54, 1.807) is 20.5 Å². The quantitative estimate of drug-likeness (QED) is 0.281. The van der Waals surface area contributed by atoms with E-state index in [0.717, 1.165) is 49.2 Å². The Morgan fingerprint density at radius 3 is 2.52 bits per heavy atom. The molecule has 0 spiro atoms. The number of benzene rings is 1. The van der Waals surface area contributed by atoms with E-state index in [9.17, 15) is 0 Å². The van der Waals surface area contributed by atoms with Crippen LogP contribution in [-0.4, -0.2) is 51.3 Å². The summed E-state index contributed by atoms with van der Waals surface area (Å²) in [5.41, 5.74) is 1.06. The van der Waals surface area contributed by atoms with Crippen LogP contribution in [0.1, 0.15) is 43.6 Å². The third-order valence-electron chi connectivity index (χ3n) is 5.38. The van der Waals surface area contributed by atoms with E-state index in [1.807, 2.05) is 24.3 Å². The molecule has 0 radical (unpaired) electrons. The maximum Gasteiger partial charge on any atom is 0.191 e. The average Bonchev–Trinajstić information content (AvgIpc) is 3.32. The number of halogens is 1. The summed E-state index contributed by atoms with van der Waals surface area (Å²) in [6.07, 6.45) is 5.54. The summed E-state index contributed by atoms with van der Waals surface area (Å²) < 4.78 is 16.5. The molecular formula is C23H35IN4O3. The molecule has 2 N–H and O–H groups in total. The number of likely N-dealkylation sites (tertiary alicyclic amines) is 1. The van der Waals surface area contributed by atoms with E-state index in [0.29, 0.717) is 12.3 Å². The van der Waals surface area contributed by atoms with Crippen LogP contribution in [0.4, 0.5) is 0 Å². The van der Waals surface area contributed by atoms with Gasteiger partial charge in [-0.2, -0.15) is 0 Å². The highest BCUT2D eigenvalue weighted by molar-refractivity contribution is 14.0. The Hall–Kier alpha value is -1.94. The highest BCUT2D eigenvalue weighted by Gasteiger charge is 2.24. The van der Waals surface area contributed by atoms with E-state index in [-0.39, 0.29) is 30.0 Å². The molecule has 1 fully saturated rings. The summed E-state index contributed by atoms with van der Waals surface area (Å²) in [6, 6.07) is 10.1. The zero-order valence-electron chi connectivity index (χ0n) is 18.7. The molecule has 2 aromatic rings. The fourth-order valence-electron chi connectivity index (χ4n) is 3.80. The standard InChI is InChI=1S/C23H34N4O3.HI/c1-4-24-23(25-16-18-10-11-21(28-2)22(15-18)29-3)26-17-19(20-9-8-14-30-20)27-12-6-5-7-13-27;/h8-11,14-15,19H,4-7,12-13,16-17H2,1-3H3,(H2,24,25,26);1H. The molecule has 1 saturated heterocycles. The molecule has 8 heteroatoms. The largest absolute Gasteiger partial charge is 0.493 e. The summed E-state index contributed by atoms with van der Waals surface area (Å²) in [6.45, 7) is 6.37. The van der Waals surface area contributed by atoms with Crippen molar-refractivity contribution >= 4 is 29.9 Å². The first-order valence-electron chi connectivity index (χ1n) is 10.8. The van der Waals surface area contributed by atoms with Gasteiger partial charge in [-0.25, -0.2) is 4.99 Å². The number of furan rings is 1. The van der Waals surface area contributed by atoms with Gasteiger partial charge in [-0.3, -0.25) is 4.90 Å². The second-order valence-electron chi connectivity index (χ2n) is 7.39. The van der Waals surface area contributed by atoms with Crippen molar-refractivity contribution in [2.75, 3.05) is 40.4 Å². The lowest BCUT2D eigenvalue weighted by Gasteiger charge is -2.33. The number of guanidine groups is 1. The van der Waals surface area contributed by atoms with Gasteiger partial charge in [-0.05, 0) is 62.7 Å². The minimum Gasteiger partial charge on any atom is -0.493 e. The summed E-state index contributed by atoms with van der Waals surface area (Å²) in [5, 5.41) is 6.85. The summed E-state index contributed by atoms with van der Waals surface area (Å²) in [5.74, 6) is 3.23. The first kappa shape index (κ1) is 25.3. The first-order chi connectivity index (χ1) is 14.7. The van der Waals surface area contributed by atoms with Gasteiger partial charge in [0.25, 0.3) is 0 Å². The molecule has 0 amide bonds. The normalized spacial score (nSPS) is 15.6. The molecule has 1 unspecified atom stereocenters. The molecular weight excluding hydrogens is 507 g/mol. The van der Waals surface area contributed by atoms with Gasteiger partial charge in [-0.15, -0.1) is 24.0 Å². The van der Waals surface area contributed by atoms with Crippen molar-refractivity contribution in [2.24, 2.45) is 4.99 Å². The number of methoxy groups -OCH3 is 2. The minimum atomic E-state index is 0. The molecule has 3 rings (SSSR count). The SMILES string of the molecule is CCNC(=NCc1ccc(OC)c(OC)c1)NCC(c1ccco1)N1CCCCC1.I. The number of nitrogens with zero attached hydrogens (tertiary/aromatic N) is 2. The summed E-state index contributed by atoms with van der Waals surface area (Å²) >= 11 is 0. The lowest BCUT2D eigenvalue weighted by molar-refractivity contribution is 0.146. The van der Waals surface area contributed by atoms with E-state index in [1.165, 1.54) is 19.3 Å². The van der Waals surface area contributed by atoms with Crippen molar-refractivity contribution in [3.05, 3.63) is 47.9 Å². The number of aliphatic imine (C=N–C) groups is 1. The summed E-state index contributed by atoms with van der Waals surface area (Å²) in [7, 11) is 3.28. The molecule has 1 aliphatic rings. The molecule has 0 saturated carbocycles. The lowest BCUT2D eigenvalue weighted by atomic mass is 10.1. The third-order valence-corrected chi connectivity index (χ3v) is 5.38.